The summed E-state index contributed by atoms with van der Waals surface area (Å²) in [5, 5.41) is 0.512. The van der Waals surface area contributed by atoms with Crippen LogP contribution < -0.4 is 5.56 Å². The van der Waals surface area contributed by atoms with E-state index in [1.165, 1.54) is 10.9 Å². The van der Waals surface area contributed by atoms with Crippen LogP contribution in [0.2, 0.25) is 0 Å². The van der Waals surface area contributed by atoms with Crippen molar-refractivity contribution in [3.05, 3.63) is 38.5 Å². The maximum Gasteiger partial charge on any atom is 0.261 e. The predicted molar refractivity (Wildman–Crippen MR) is 78.4 cm³/mol. The van der Waals surface area contributed by atoms with E-state index in [-0.39, 0.29) is 17.9 Å². The Balaban J connectivity index is 2.48. The van der Waals surface area contributed by atoms with E-state index in [1.54, 1.807) is 12.1 Å². The fourth-order valence-electron chi connectivity index (χ4n) is 1.55. The van der Waals surface area contributed by atoms with Crippen LogP contribution in [0.5, 0.6) is 0 Å². The van der Waals surface area contributed by atoms with E-state index in [0.717, 1.165) is 9.83 Å². The van der Waals surface area contributed by atoms with Crippen LogP contribution in [0.4, 0.5) is 0 Å². The molecule has 0 aliphatic heterocycles. The first-order chi connectivity index (χ1) is 8.37. The van der Waals surface area contributed by atoms with Crippen molar-refractivity contribution < 1.29 is 8.42 Å². The molecule has 0 spiro atoms. The van der Waals surface area contributed by atoms with Crippen LogP contribution in [-0.4, -0.2) is 30.0 Å². The molecule has 0 radical (unpaired) electrons. The molecule has 5 nitrogen and oxygen atoms in total. The van der Waals surface area contributed by atoms with Gasteiger partial charge in [-0.3, -0.25) is 9.36 Å². The maximum absolute atomic E-state index is 12.1. The average Bonchev–Trinajstić information content (AvgIpc) is 2.28. The zero-order valence-corrected chi connectivity index (χ0v) is 12.6. The standard InChI is InChI=1S/C11H11IN2O3S/c1-18(16,17)5-4-14-7-13-10-3-2-8(12)6-9(10)11(14)15/h2-3,6-7H,4-5H2,1H3. The Kier molecular flexibility index (Phi) is 3.71. The number of hydrogen-bond acceptors (Lipinski definition) is 4. The van der Waals surface area contributed by atoms with Gasteiger partial charge < -0.3 is 0 Å². The Morgan fingerprint density at radius 2 is 2.11 bits per heavy atom. The van der Waals surface area contributed by atoms with Crippen LogP contribution >= 0.6 is 22.6 Å². The fraction of sp³-hybridized carbons (Fsp3) is 0.273. The molecule has 2 rings (SSSR count). The predicted octanol–water partition coefficient (Wildman–Crippen LogP) is 1.05. The second-order valence-corrected chi connectivity index (χ2v) is 7.54. The number of nitrogens with zero attached hydrogens (tertiary/aromatic N) is 2. The Morgan fingerprint density at radius 1 is 1.39 bits per heavy atom. The molecule has 0 aliphatic rings. The Hall–Kier alpha value is -0.960. The summed E-state index contributed by atoms with van der Waals surface area (Å²) < 4.78 is 24.5. The summed E-state index contributed by atoms with van der Waals surface area (Å²) in [7, 11) is -3.09. The SMILES string of the molecule is CS(=O)(=O)CCn1cnc2ccc(I)cc2c1=O. The van der Waals surface area contributed by atoms with Crippen LogP contribution in [-0.2, 0) is 16.4 Å². The van der Waals surface area contributed by atoms with Gasteiger partial charge in [0.05, 0.1) is 23.0 Å². The Labute approximate surface area is 118 Å². The molecule has 7 heteroatoms. The third kappa shape index (κ3) is 3.08. The van der Waals surface area contributed by atoms with E-state index in [2.05, 4.69) is 27.6 Å². The number of benzene rings is 1. The van der Waals surface area contributed by atoms with Crippen molar-refractivity contribution in [2.45, 2.75) is 6.54 Å². The topological polar surface area (TPSA) is 69.0 Å². The van der Waals surface area contributed by atoms with Gasteiger partial charge in [-0.25, -0.2) is 13.4 Å². The van der Waals surface area contributed by atoms with Gasteiger partial charge in [0.25, 0.3) is 5.56 Å². The molecular formula is C11H11IN2O3S. The minimum atomic E-state index is -3.09. The highest BCUT2D eigenvalue weighted by molar-refractivity contribution is 14.1. The second kappa shape index (κ2) is 4.96. The van der Waals surface area contributed by atoms with Crippen molar-refractivity contribution in [2.75, 3.05) is 12.0 Å². The third-order valence-electron chi connectivity index (χ3n) is 2.49. The molecule has 0 saturated carbocycles. The van der Waals surface area contributed by atoms with Crippen LogP contribution in [0.25, 0.3) is 10.9 Å². The highest BCUT2D eigenvalue weighted by atomic mass is 127. The van der Waals surface area contributed by atoms with Crippen LogP contribution in [0.1, 0.15) is 0 Å². The zero-order chi connectivity index (χ0) is 13.3. The Morgan fingerprint density at radius 3 is 2.78 bits per heavy atom. The first-order valence-corrected chi connectivity index (χ1v) is 8.33. The van der Waals surface area contributed by atoms with Crippen molar-refractivity contribution in [2.24, 2.45) is 0 Å². The smallest absolute Gasteiger partial charge is 0.261 e. The normalized spacial score (nSPS) is 11.9. The maximum atomic E-state index is 12.1. The highest BCUT2D eigenvalue weighted by Crippen LogP contribution is 2.11. The molecule has 0 fully saturated rings. The quantitative estimate of drug-likeness (QED) is 0.749. The number of aromatic nitrogens is 2. The number of sulfone groups is 1. The van der Waals surface area contributed by atoms with Gasteiger partial charge in [-0.15, -0.1) is 0 Å². The molecule has 0 atom stereocenters. The lowest BCUT2D eigenvalue weighted by Crippen LogP contribution is -2.24. The minimum absolute atomic E-state index is 0.0655. The lowest BCUT2D eigenvalue weighted by atomic mass is 10.2. The van der Waals surface area contributed by atoms with E-state index in [4.69, 9.17) is 0 Å². The van der Waals surface area contributed by atoms with Gasteiger partial charge in [0.15, 0.2) is 0 Å². The molecule has 0 N–H and O–H groups in total. The van der Waals surface area contributed by atoms with Gasteiger partial charge in [0.1, 0.15) is 9.84 Å². The van der Waals surface area contributed by atoms with Crippen LogP contribution in [0.15, 0.2) is 29.3 Å². The molecule has 2 aromatic rings. The summed E-state index contributed by atoms with van der Waals surface area (Å²) in [4.78, 5) is 16.3. The van der Waals surface area contributed by atoms with Gasteiger partial charge in [-0.05, 0) is 40.8 Å². The molecule has 96 valence electrons. The summed E-state index contributed by atoms with van der Waals surface area (Å²) in [6, 6.07) is 5.40. The fourth-order valence-corrected chi connectivity index (χ4v) is 2.57. The first-order valence-electron chi connectivity index (χ1n) is 5.19. The third-order valence-corrected chi connectivity index (χ3v) is 4.08. The van der Waals surface area contributed by atoms with Crippen molar-refractivity contribution in [3.8, 4) is 0 Å². The minimum Gasteiger partial charge on any atom is -0.298 e. The second-order valence-electron chi connectivity index (χ2n) is 4.03. The zero-order valence-electron chi connectivity index (χ0n) is 9.63. The van der Waals surface area contributed by atoms with Crippen molar-refractivity contribution in [1.29, 1.82) is 0 Å². The summed E-state index contributed by atoms with van der Waals surface area (Å²) in [6.07, 6.45) is 2.54. The average molecular weight is 378 g/mol. The molecule has 0 amide bonds. The largest absolute Gasteiger partial charge is 0.298 e. The number of aryl methyl sites for hydroxylation is 1. The molecule has 0 saturated heterocycles. The lowest BCUT2D eigenvalue weighted by molar-refractivity contribution is 0.592. The molecule has 1 aromatic carbocycles. The molecular weight excluding hydrogens is 367 g/mol. The van der Waals surface area contributed by atoms with Crippen LogP contribution in [0.3, 0.4) is 0 Å². The van der Waals surface area contributed by atoms with Crippen molar-refractivity contribution in [3.63, 3.8) is 0 Å². The van der Waals surface area contributed by atoms with E-state index >= 15 is 0 Å². The lowest BCUT2D eigenvalue weighted by Gasteiger charge is -2.05. The van der Waals surface area contributed by atoms with Gasteiger partial charge >= 0.3 is 0 Å². The highest BCUT2D eigenvalue weighted by Gasteiger charge is 2.07. The monoisotopic (exact) mass is 378 g/mol. The summed E-state index contributed by atoms with van der Waals surface area (Å²) in [5.74, 6) is -0.0655. The molecule has 0 bridgehead atoms. The number of fused-ring (bicyclic) bond motifs is 1. The molecule has 1 aromatic heterocycles. The summed E-state index contributed by atoms with van der Waals surface area (Å²) in [6.45, 7) is 0.131. The molecule has 1 heterocycles. The molecule has 18 heavy (non-hydrogen) atoms. The summed E-state index contributed by atoms with van der Waals surface area (Å²) in [5.41, 5.74) is 0.415. The first kappa shape index (κ1) is 13.5. The van der Waals surface area contributed by atoms with Crippen molar-refractivity contribution in [1.82, 2.24) is 9.55 Å². The van der Waals surface area contributed by atoms with E-state index in [1.807, 2.05) is 6.07 Å². The van der Waals surface area contributed by atoms with E-state index in [9.17, 15) is 13.2 Å². The van der Waals surface area contributed by atoms with Crippen LogP contribution in [0, 0.1) is 3.57 Å². The van der Waals surface area contributed by atoms with Gasteiger partial charge in [0.2, 0.25) is 0 Å². The summed E-state index contributed by atoms with van der Waals surface area (Å²) >= 11 is 2.12. The Bertz CT molecular complexity index is 752. The van der Waals surface area contributed by atoms with Gasteiger partial charge in [-0.1, -0.05) is 0 Å². The molecule has 0 aliphatic carbocycles. The van der Waals surface area contributed by atoms with Gasteiger partial charge in [-0.2, -0.15) is 0 Å². The number of rotatable bonds is 3. The molecule has 0 unspecified atom stereocenters. The van der Waals surface area contributed by atoms with Gasteiger partial charge in [0, 0.05) is 16.4 Å². The van der Waals surface area contributed by atoms with E-state index in [0.29, 0.717) is 10.9 Å². The number of hydrogen-bond donors (Lipinski definition) is 0. The number of halogens is 1. The van der Waals surface area contributed by atoms with Crippen molar-refractivity contribution >= 4 is 43.3 Å². The van der Waals surface area contributed by atoms with E-state index < -0.39 is 9.84 Å².